The van der Waals surface area contributed by atoms with Crippen LogP contribution >= 0.6 is 11.6 Å². The predicted molar refractivity (Wildman–Crippen MR) is 102 cm³/mol. The van der Waals surface area contributed by atoms with Crippen molar-refractivity contribution in [3.8, 4) is 11.1 Å². The van der Waals surface area contributed by atoms with E-state index in [1.807, 2.05) is 35.0 Å². The van der Waals surface area contributed by atoms with Gasteiger partial charge >= 0.3 is 0 Å². The molecule has 130 valence electrons. The number of hydrogen-bond acceptors (Lipinski definition) is 3. The van der Waals surface area contributed by atoms with Gasteiger partial charge in [-0.3, -0.25) is 0 Å². The molecule has 5 nitrogen and oxygen atoms in total. The second-order valence-corrected chi connectivity index (χ2v) is 7.08. The standard InChI is InChI=1S/C19H22ClN5/c1-3-23-8-10-24(11-9-23)18-12-14(2)22-19-17(13-21-25(18)19)15-4-6-16(20)7-5-15/h4-7,12-13H,3,8-11H2,1-2H3/p+1. The first kappa shape index (κ1) is 16.4. The van der Waals surface area contributed by atoms with E-state index in [0.29, 0.717) is 0 Å². The Labute approximate surface area is 152 Å². The molecule has 0 unspecified atom stereocenters. The van der Waals surface area contributed by atoms with E-state index >= 15 is 0 Å². The number of aromatic nitrogens is 3. The second kappa shape index (κ2) is 6.65. The molecular weight excluding hydrogens is 334 g/mol. The van der Waals surface area contributed by atoms with Crippen LogP contribution in [0.1, 0.15) is 12.6 Å². The molecule has 1 aliphatic heterocycles. The van der Waals surface area contributed by atoms with Crippen molar-refractivity contribution in [2.45, 2.75) is 13.8 Å². The molecule has 1 aromatic carbocycles. The molecule has 1 aliphatic rings. The Hall–Kier alpha value is -2.11. The first-order valence-corrected chi connectivity index (χ1v) is 9.23. The molecule has 0 radical (unpaired) electrons. The zero-order chi connectivity index (χ0) is 17.4. The van der Waals surface area contributed by atoms with Gasteiger partial charge in [0.1, 0.15) is 5.82 Å². The van der Waals surface area contributed by atoms with Crippen LogP contribution in [0.2, 0.25) is 5.02 Å². The van der Waals surface area contributed by atoms with Gasteiger partial charge in [0.25, 0.3) is 0 Å². The summed E-state index contributed by atoms with van der Waals surface area (Å²) in [4.78, 5) is 8.85. The maximum atomic E-state index is 6.02. The van der Waals surface area contributed by atoms with Crippen LogP contribution in [-0.2, 0) is 0 Å². The third-order valence-corrected chi connectivity index (χ3v) is 5.28. The van der Waals surface area contributed by atoms with Gasteiger partial charge in [0.2, 0.25) is 0 Å². The Morgan fingerprint density at radius 2 is 1.88 bits per heavy atom. The molecule has 0 bridgehead atoms. The Bertz CT molecular complexity index is 879. The number of anilines is 1. The van der Waals surface area contributed by atoms with E-state index in [2.05, 4.69) is 29.9 Å². The van der Waals surface area contributed by atoms with Gasteiger partial charge in [-0.15, -0.1) is 0 Å². The highest BCUT2D eigenvalue weighted by atomic mass is 35.5. The van der Waals surface area contributed by atoms with Crippen molar-refractivity contribution < 1.29 is 4.90 Å². The largest absolute Gasteiger partial charge is 0.345 e. The average Bonchev–Trinajstić information content (AvgIpc) is 3.05. The number of halogens is 1. The molecule has 1 fully saturated rings. The number of fused-ring (bicyclic) bond motifs is 1. The van der Waals surface area contributed by atoms with E-state index in [1.54, 1.807) is 4.90 Å². The minimum Gasteiger partial charge on any atom is -0.345 e. The van der Waals surface area contributed by atoms with Crippen molar-refractivity contribution in [1.29, 1.82) is 0 Å². The number of nitrogens with one attached hydrogen (secondary N) is 1. The Kier molecular flexibility index (Phi) is 4.36. The molecule has 1 N–H and O–H groups in total. The minimum atomic E-state index is 0.737. The first-order chi connectivity index (χ1) is 12.2. The van der Waals surface area contributed by atoms with Crippen LogP contribution in [0.25, 0.3) is 16.8 Å². The van der Waals surface area contributed by atoms with Crippen molar-refractivity contribution in [3.05, 3.63) is 47.2 Å². The summed E-state index contributed by atoms with van der Waals surface area (Å²) in [6.07, 6.45) is 1.90. The lowest BCUT2D eigenvalue weighted by molar-refractivity contribution is -0.898. The monoisotopic (exact) mass is 356 g/mol. The van der Waals surface area contributed by atoms with E-state index in [-0.39, 0.29) is 0 Å². The molecule has 0 spiro atoms. The van der Waals surface area contributed by atoms with Crippen molar-refractivity contribution >= 4 is 23.1 Å². The van der Waals surface area contributed by atoms with E-state index in [4.69, 9.17) is 16.6 Å². The molecule has 4 rings (SSSR count). The maximum absolute atomic E-state index is 6.02. The number of piperazine rings is 1. The van der Waals surface area contributed by atoms with Crippen LogP contribution in [0.15, 0.2) is 36.5 Å². The third-order valence-electron chi connectivity index (χ3n) is 5.03. The summed E-state index contributed by atoms with van der Waals surface area (Å²) in [5.74, 6) is 1.14. The maximum Gasteiger partial charge on any atom is 0.165 e. The molecule has 25 heavy (non-hydrogen) atoms. The zero-order valence-electron chi connectivity index (χ0n) is 14.7. The lowest BCUT2D eigenvalue weighted by Crippen LogP contribution is -3.14. The molecule has 3 aromatic rings. The molecule has 6 heteroatoms. The summed E-state index contributed by atoms with van der Waals surface area (Å²) in [5.41, 5.74) is 4.05. The van der Waals surface area contributed by atoms with Gasteiger partial charge in [0, 0.05) is 22.3 Å². The molecule has 0 amide bonds. The van der Waals surface area contributed by atoms with Gasteiger partial charge in [0.15, 0.2) is 5.65 Å². The lowest BCUT2D eigenvalue weighted by atomic mass is 10.1. The van der Waals surface area contributed by atoms with E-state index < -0.39 is 0 Å². The van der Waals surface area contributed by atoms with Crippen molar-refractivity contribution in [1.82, 2.24) is 14.6 Å². The van der Waals surface area contributed by atoms with Crippen LogP contribution in [0.3, 0.4) is 0 Å². The van der Waals surface area contributed by atoms with Crippen molar-refractivity contribution in [3.63, 3.8) is 0 Å². The van der Waals surface area contributed by atoms with E-state index in [9.17, 15) is 0 Å². The van der Waals surface area contributed by atoms with Crippen LogP contribution in [0.5, 0.6) is 0 Å². The van der Waals surface area contributed by atoms with Crippen LogP contribution < -0.4 is 9.80 Å². The number of nitrogens with zero attached hydrogens (tertiary/aromatic N) is 4. The number of hydrogen-bond donors (Lipinski definition) is 1. The summed E-state index contributed by atoms with van der Waals surface area (Å²) in [6.45, 7) is 9.95. The van der Waals surface area contributed by atoms with Gasteiger partial charge in [-0.25, -0.2) is 4.98 Å². The van der Waals surface area contributed by atoms with Gasteiger partial charge in [-0.05, 0) is 31.5 Å². The zero-order valence-corrected chi connectivity index (χ0v) is 15.4. The molecule has 0 atom stereocenters. The van der Waals surface area contributed by atoms with Gasteiger partial charge in [0.05, 0.1) is 38.9 Å². The van der Waals surface area contributed by atoms with Crippen LogP contribution in [0, 0.1) is 6.92 Å². The van der Waals surface area contributed by atoms with Crippen molar-refractivity contribution in [2.75, 3.05) is 37.6 Å². The third kappa shape index (κ3) is 3.10. The van der Waals surface area contributed by atoms with Gasteiger partial charge in [-0.1, -0.05) is 23.7 Å². The topological polar surface area (TPSA) is 37.9 Å². The Morgan fingerprint density at radius 1 is 1.16 bits per heavy atom. The quantitative estimate of drug-likeness (QED) is 0.781. The highest BCUT2D eigenvalue weighted by Crippen LogP contribution is 2.28. The number of likely N-dealkylation sites (N-methyl/N-ethyl adjacent to an activating group) is 1. The highest BCUT2D eigenvalue weighted by Gasteiger charge is 2.22. The molecule has 0 saturated carbocycles. The second-order valence-electron chi connectivity index (χ2n) is 6.65. The summed E-state index contributed by atoms with van der Waals surface area (Å²) < 4.78 is 1.98. The number of benzene rings is 1. The van der Waals surface area contributed by atoms with Gasteiger partial charge in [-0.2, -0.15) is 9.61 Å². The fourth-order valence-corrected chi connectivity index (χ4v) is 3.65. The summed E-state index contributed by atoms with van der Waals surface area (Å²) in [7, 11) is 0. The average molecular weight is 357 g/mol. The number of aryl methyl sites for hydroxylation is 1. The van der Waals surface area contributed by atoms with Crippen LogP contribution in [0.4, 0.5) is 5.82 Å². The Morgan fingerprint density at radius 3 is 2.56 bits per heavy atom. The first-order valence-electron chi connectivity index (χ1n) is 8.85. The summed E-state index contributed by atoms with van der Waals surface area (Å²) >= 11 is 6.02. The molecular formula is C19H23ClN5+. The van der Waals surface area contributed by atoms with E-state index in [1.165, 1.54) is 19.6 Å². The lowest BCUT2D eigenvalue weighted by Gasteiger charge is -2.33. The Balaban J connectivity index is 1.75. The summed E-state index contributed by atoms with van der Waals surface area (Å²) in [5, 5.41) is 5.38. The minimum absolute atomic E-state index is 0.737. The molecule has 2 aromatic heterocycles. The number of quaternary nitrogens is 1. The van der Waals surface area contributed by atoms with Crippen LogP contribution in [-0.4, -0.2) is 47.3 Å². The fourth-order valence-electron chi connectivity index (χ4n) is 3.53. The highest BCUT2D eigenvalue weighted by molar-refractivity contribution is 6.30. The smallest absolute Gasteiger partial charge is 0.165 e. The molecule has 3 heterocycles. The fraction of sp³-hybridized carbons (Fsp3) is 0.368. The normalized spacial score (nSPS) is 15.9. The van der Waals surface area contributed by atoms with E-state index in [0.717, 1.165) is 46.4 Å². The summed E-state index contributed by atoms with van der Waals surface area (Å²) in [6, 6.07) is 10.00. The predicted octanol–water partition coefficient (Wildman–Crippen LogP) is 2.08. The van der Waals surface area contributed by atoms with Gasteiger partial charge < -0.3 is 9.80 Å². The molecule has 1 saturated heterocycles. The molecule has 0 aliphatic carbocycles. The SMILES string of the molecule is CC[NH+]1CCN(c2cc(C)nc3c(-c4ccc(Cl)cc4)cnn23)CC1. The van der Waals surface area contributed by atoms with Crippen molar-refractivity contribution in [2.24, 2.45) is 0 Å². The number of rotatable bonds is 3.